The van der Waals surface area contributed by atoms with Crippen molar-refractivity contribution in [3.63, 3.8) is 0 Å². The first kappa shape index (κ1) is 26.0. The van der Waals surface area contributed by atoms with Crippen LogP contribution in [-0.2, 0) is 4.79 Å². The van der Waals surface area contributed by atoms with Gasteiger partial charge in [-0.25, -0.2) is 4.79 Å². The predicted octanol–water partition coefficient (Wildman–Crippen LogP) is 7.03. The highest BCUT2D eigenvalue weighted by molar-refractivity contribution is 8.00. The first-order chi connectivity index (χ1) is 17.7. The van der Waals surface area contributed by atoms with Gasteiger partial charge in [0, 0.05) is 27.2 Å². The number of benzene rings is 4. The number of carboxylic acids is 1. The van der Waals surface area contributed by atoms with Gasteiger partial charge in [0.1, 0.15) is 0 Å². The Balaban J connectivity index is 1.46. The van der Waals surface area contributed by atoms with Crippen LogP contribution >= 0.6 is 11.8 Å². The second kappa shape index (κ2) is 11.3. The van der Waals surface area contributed by atoms with Gasteiger partial charge in [-0.2, -0.15) is 0 Å². The SMILES string of the molecule is CC(Sc1cccc(NC(=O)c2cccc3cccc(C(=O)O)c23)c1)C(=O)Nc1ccc(C(C)C)cc1. The smallest absolute Gasteiger partial charge is 0.336 e. The van der Waals surface area contributed by atoms with Gasteiger partial charge in [-0.15, -0.1) is 11.8 Å². The quantitative estimate of drug-likeness (QED) is 0.220. The average Bonchev–Trinajstić information content (AvgIpc) is 2.88. The molecular formula is C30H28N2O4S. The lowest BCUT2D eigenvalue weighted by Gasteiger charge is -2.14. The van der Waals surface area contributed by atoms with Crippen molar-refractivity contribution in [2.45, 2.75) is 36.8 Å². The number of carboxylic acid groups (broad SMARTS) is 1. The molecule has 0 heterocycles. The molecule has 0 spiro atoms. The van der Waals surface area contributed by atoms with Crippen molar-refractivity contribution in [1.29, 1.82) is 0 Å². The zero-order chi connectivity index (χ0) is 26.5. The van der Waals surface area contributed by atoms with Crippen LogP contribution in [0.2, 0.25) is 0 Å². The molecule has 0 aliphatic rings. The van der Waals surface area contributed by atoms with Gasteiger partial charge in [0.15, 0.2) is 0 Å². The monoisotopic (exact) mass is 512 g/mol. The molecule has 6 nitrogen and oxygen atoms in total. The summed E-state index contributed by atoms with van der Waals surface area (Å²) in [5.74, 6) is -1.19. The number of hydrogen-bond donors (Lipinski definition) is 3. The van der Waals surface area contributed by atoms with Gasteiger partial charge in [-0.05, 0) is 66.3 Å². The number of amides is 2. The molecule has 0 saturated heterocycles. The van der Waals surface area contributed by atoms with E-state index < -0.39 is 11.9 Å². The average molecular weight is 513 g/mol. The molecule has 0 radical (unpaired) electrons. The van der Waals surface area contributed by atoms with Crippen LogP contribution in [0, 0.1) is 0 Å². The molecular weight excluding hydrogens is 484 g/mol. The molecule has 1 unspecified atom stereocenters. The van der Waals surface area contributed by atoms with Gasteiger partial charge in [0.25, 0.3) is 5.91 Å². The number of thioether (sulfide) groups is 1. The molecule has 4 aromatic carbocycles. The normalized spacial score (nSPS) is 11.8. The van der Waals surface area contributed by atoms with Crippen LogP contribution in [0.1, 0.15) is 53.0 Å². The molecule has 0 aliphatic carbocycles. The molecule has 0 saturated carbocycles. The van der Waals surface area contributed by atoms with Gasteiger partial charge in [0.05, 0.1) is 10.8 Å². The number of anilines is 2. The third-order valence-electron chi connectivity index (χ3n) is 6.00. The third-order valence-corrected chi connectivity index (χ3v) is 7.09. The van der Waals surface area contributed by atoms with E-state index in [0.29, 0.717) is 22.4 Å². The Hall–Kier alpha value is -4.10. The maximum absolute atomic E-state index is 13.1. The van der Waals surface area contributed by atoms with Crippen LogP contribution in [0.3, 0.4) is 0 Å². The molecule has 2 amide bonds. The molecule has 4 aromatic rings. The van der Waals surface area contributed by atoms with Crippen LogP contribution in [0.25, 0.3) is 10.8 Å². The molecule has 4 rings (SSSR count). The number of aromatic carboxylic acids is 1. The highest BCUT2D eigenvalue weighted by Crippen LogP contribution is 2.28. The summed E-state index contributed by atoms with van der Waals surface area (Å²) in [5, 5.41) is 16.1. The van der Waals surface area contributed by atoms with E-state index in [1.165, 1.54) is 23.4 Å². The number of carbonyl (C=O) groups is 3. The number of carbonyl (C=O) groups excluding carboxylic acids is 2. The van der Waals surface area contributed by atoms with Crippen molar-refractivity contribution < 1.29 is 19.5 Å². The van der Waals surface area contributed by atoms with Crippen molar-refractivity contribution in [3.8, 4) is 0 Å². The number of nitrogens with one attached hydrogen (secondary N) is 2. The fourth-order valence-corrected chi connectivity index (χ4v) is 4.93. The van der Waals surface area contributed by atoms with Crippen LogP contribution in [0.4, 0.5) is 11.4 Å². The van der Waals surface area contributed by atoms with Crippen LogP contribution in [0.5, 0.6) is 0 Å². The second-order valence-corrected chi connectivity index (χ2v) is 10.4. The lowest BCUT2D eigenvalue weighted by atomic mass is 9.98. The van der Waals surface area contributed by atoms with Crippen LogP contribution in [0.15, 0.2) is 89.8 Å². The Labute approximate surface area is 220 Å². The van der Waals surface area contributed by atoms with Gasteiger partial charge in [-0.1, -0.05) is 56.3 Å². The van der Waals surface area contributed by atoms with Crippen molar-refractivity contribution in [2.24, 2.45) is 0 Å². The zero-order valence-electron chi connectivity index (χ0n) is 20.8. The lowest BCUT2D eigenvalue weighted by Crippen LogP contribution is -2.22. The Kier molecular flexibility index (Phi) is 7.94. The molecule has 0 aliphatic heterocycles. The minimum atomic E-state index is -1.09. The molecule has 37 heavy (non-hydrogen) atoms. The van der Waals surface area contributed by atoms with Crippen molar-refractivity contribution >= 4 is 51.7 Å². The van der Waals surface area contributed by atoms with E-state index in [-0.39, 0.29) is 22.3 Å². The summed E-state index contributed by atoms with van der Waals surface area (Å²) in [4.78, 5) is 38.4. The first-order valence-corrected chi connectivity index (χ1v) is 12.8. The van der Waals surface area contributed by atoms with Crippen LogP contribution in [-0.4, -0.2) is 28.1 Å². The summed E-state index contributed by atoms with van der Waals surface area (Å²) in [6.07, 6.45) is 0. The molecule has 188 valence electrons. The predicted molar refractivity (Wildman–Crippen MR) is 150 cm³/mol. The third kappa shape index (κ3) is 6.19. The zero-order valence-corrected chi connectivity index (χ0v) is 21.6. The molecule has 1 atom stereocenters. The Morgan fingerprint density at radius 3 is 2.05 bits per heavy atom. The van der Waals surface area contributed by atoms with Gasteiger partial charge in [-0.3, -0.25) is 9.59 Å². The highest BCUT2D eigenvalue weighted by Gasteiger charge is 2.18. The van der Waals surface area contributed by atoms with Gasteiger partial charge >= 0.3 is 5.97 Å². The molecule has 3 N–H and O–H groups in total. The highest BCUT2D eigenvalue weighted by atomic mass is 32.2. The van der Waals surface area contributed by atoms with E-state index in [2.05, 4.69) is 24.5 Å². The second-order valence-electron chi connectivity index (χ2n) is 9.02. The summed E-state index contributed by atoms with van der Waals surface area (Å²) in [6.45, 7) is 6.08. The summed E-state index contributed by atoms with van der Waals surface area (Å²) in [6, 6.07) is 25.1. The van der Waals surface area contributed by atoms with E-state index in [9.17, 15) is 19.5 Å². The summed E-state index contributed by atoms with van der Waals surface area (Å²) < 4.78 is 0. The van der Waals surface area contributed by atoms with E-state index in [1.807, 2.05) is 37.3 Å². The molecule has 0 fully saturated rings. The molecule has 0 aromatic heterocycles. The van der Waals surface area contributed by atoms with Crippen molar-refractivity contribution in [1.82, 2.24) is 0 Å². The first-order valence-electron chi connectivity index (χ1n) is 12.0. The fourth-order valence-electron chi connectivity index (χ4n) is 4.01. The van der Waals surface area contributed by atoms with Gasteiger partial charge in [0.2, 0.25) is 5.91 Å². The fraction of sp³-hybridized carbons (Fsp3) is 0.167. The van der Waals surface area contributed by atoms with Crippen molar-refractivity contribution in [3.05, 3.63) is 102 Å². The lowest BCUT2D eigenvalue weighted by molar-refractivity contribution is -0.115. The van der Waals surface area contributed by atoms with Crippen molar-refractivity contribution in [2.75, 3.05) is 10.6 Å². The topological polar surface area (TPSA) is 95.5 Å². The minimum Gasteiger partial charge on any atom is -0.478 e. The summed E-state index contributed by atoms with van der Waals surface area (Å²) in [5.41, 5.74) is 2.87. The number of fused-ring (bicyclic) bond motifs is 1. The van der Waals surface area contributed by atoms with E-state index in [4.69, 9.17) is 0 Å². The Morgan fingerprint density at radius 1 is 0.757 bits per heavy atom. The summed E-state index contributed by atoms with van der Waals surface area (Å²) >= 11 is 1.38. The standard InChI is InChI=1S/C30H28N2O4S/c1-18(2)20-13-15-22(16-14-20)31-28(33)19(3)37-24-10-6-9-23(17-24)32-29(34)25-11-4-7-21-8-5-12-26(27(21)25)30(35)36/h4-19H,1-3H3,(H,31,33)(H,32,34)(H,35,36). The largest absolute Gasteiger partial charge is 0.478 e. The van der Waals surface area contributed by atoms with Crippen LogP contribution < -0.4 is 10.6 Å². The van der Waals surface area contributed by atoms with E-state index in [0.717, 1.165) is 10.6 Å². The van der Waals surface area contributed by atoms with E-state index >= 15 is 0 Å². The summed E-state index contributed by atoms with van der Waals surface area (Å²) in [7, 11) is 0. The maximum atomic E-state index is 13.1. The number of hydrogen-bond acceptors (Lipinski definition) is 4. The number of rotatable bonds is 8. The molecule has 7 heteroatoms. The Morgan fingerprint density at radius 2 is 1.41 bits per heavy atom. The minimum absolute atomic E-state index is 0.0752. The van der Waals surface area contributed by atoms with E-state index in [1.54, 1.807) is 48.5 Å². The molecule has 0 bridgehead atoms. The van der Waals surface area contributed by atoms with Gasteiger partial charge < -0.3 is 15.7 Å². The Bertz CT molecular complexity index is 1460. The maximum Gasteiger partial charge on any atom is 0.336 e.